The van der Waals surface area contributed by atoms with Gasteiger partial charge in [0.15, 0.2) is 0 Å². The highest BCUT2D eigenvalue weighted by Crippen LogP contribution is 2.15. The molecule has 1 fully saturated rings. The van der Waals surface area contributed by atoms with Gasteiger partial charge in [-0.3, -0.25) is 14.4 Å². The molecule has 112 valence electrons. The van der Waals surface area contributed by atoms with E-state index in [0.717, 1.165) is 38.2 Å². The second-order valence-corrected chi connectivity index (χ2v) is 5.54. The lowest BCUT2D eigenvalue weighted by Crippen LogP contribution is -2.52. The van der Waals surface area contributed by atoms with Crippen molar-refractivity contribution < 1.29 is 4.79 Å². The first-order valence-electron chi connectivity index (χ1n) is 7.30. The Hall–Kier alpha value is -1.40. The monoisotopic (exact) mass is 279 g/mol. The topological polar surface area (TPSA) is 67.4 Å². The third-order valence-electron chi connectivity index (χ3n) is 4.19. The summed E-state index contributed by atoms with van der Waals surface area (Å²) < 4.78 is 1.67. The molecule has 0 bridgehead atoms. The Morgan fingerprint density at radius 3 is 2.55 bits per heavy atom. The largest absolute Gasteiger partial charge is 0.338 e. The summed E-state index contributed by atoms with van der Waals surface area (Å²) in [4.78, 5) is 16.7. The Kier molecular flexibility index (Phi) is 4.77. The maximum Gasteiger partial charge on any atom is 0.244 e. The molecule has 20 heavy (non-hydrogen) atoms. The van der Waals surface area contributed by atoms with Crippen molar-refractivity contribution in [2.24, 2.45) is 12.8 Å². The van der Waals surface area contributed by atoms with Gasteiger partial charge >= 0.3 is 0 Å². The number of hydrogen-bond donors (Lipinski definition) is 1. The molecule has 0 saturated carbocycles. The van der Waals surface area contributed by atoms with Crippen molar-refractivity contribution in [2.45, 2.75) is 32.4 Å². The van der Waals surface area contributed by atoms with Gasteiger partial charge in [-0.1, -0.05) is 6.92 Å². The Morgan fingerprint density at radius 2 is 2.05 bits per heavy atom. The summed E-state index contributed by atoms with van der Waals surface area (Å²) in [6, 6.07) is -0.0157. The highest BCUT2D eigenvalue weighted by atomic mass is 16.2. The van der Waals surface area contributed by atoms with E-state index in [9.17, 15) is 4.79 Å². The van der Waals surface area contributed by atoms with Crippen molar-refractivity contribution >= 4 is 5.91 Å². The van der Waals surface area contributed by atoms with Gasteiger partial charge in [0.25, 0.3) is 0 Å². The molecule has 0 aliphatic carbocycles. The lowest BCUT2D eigenvalue weighted by molar-refractivity contribution is -0.134. The molecule has 1 aliphatic rings. The Bertz CT molecular complexity index is 450. The zero-order chi connectivity index (χ0) is 14.7. The van der Waals surface area contributed by atoms with Gasteiger partial charge < -0.3 is 10.6 Å². The van der Waals surface area contributed by atoms with Crippen molar-refractivity contribution in [3.63, 3.8) is 0 Å². The summed E-state index contributed by atoms with van der Waals surface area (Å²) in [7, 11) is 1.83. The molecule has 1 aromatic heterocycles. The van der Waals surface area contributed by atoms with E-state index in [1.165, 1.54) is 0 Å². The van der Waals surface area contributed by atoms with Crippen molar-refractivity contribution in [3.8, 4) is 0 Å². The van der Waals surface area contributed by atoms with Crippen LogP contribution in [0.1, 0.15) is 31.9 Å². The molecule has 1 aliphatic heterocycles. The van der Waals surface area contributed by atoms with E-state index < -0.39 is 6.04 Å². The van der Waals surface area contributed by atoms with Gasteiger partial charge in [0.1, 0.15) is 6.04 Å². The van der Waals surface area contributed by atoms with Crippen LogP contribution in [0.5, 0.6) is 0 Å². The molecule has 2 rings (SSSR count). The molecule has 2 heterocycles. The van der Waals surface area contributed by atoms with Crippen LogP contribution in [0.2, 0.25) is 0 Å². The molecular formula is C14H25N5O. The van der Waals surface area contributed by atoms with Crippen molar-refractivity contribution in [2.75, 3.05) is 26.2 Å². The van der Waals surface area contributed by atoms with E-state index in [0.29, 0.717) is 6.04 Å². The van der Waals surface area contributed by atoms with Gasteiger partial charge in [0, 0.05) is 51.0 Å². The minimum absolute atomic E-state index is 0.00167. The summed E-state index contributed by atoms with van der Waals surface area (Å²) in [5.74, 6) is 0.00167. The van der Waals surface area contributed by atoms with Crippen molar-refractivity contribution in [3.05, 3.63) is 18.0 Å². The van der Waals surface area contributed by atoms with E-state index in [1.807, 2.05) is 11.9 Å². The summed E-state index contributed by atoms with van der Waals surface area (Å²) in [5, 5.41) is 4.07. The first kappa shape index (κ1) is 15.0. The van der Waals surface area contributed by atoms with Gasteiger partial charge in [0.2, 0.25) is 5.91 Å². The molecule has 6 heteroatoms. The molecule has 2 unspecified atom stereocenters. The van der Waals surface area contributed by atoms with Crippen LogP contribution in [0.4, 0.5) is 0 Å². The predicted molar refractivity (Wildman–Crippen MR) is 78.0 cm³/mol. The number of amides is 1. The average molecular weight is 279 g/mol. The smallest absolute Gasteiger partial charge is 0.244 e. The number of hydrogen-bond acceptors (Lipinski definition) is 4. The summed E-state index contributed by atoms with van der Waals surface area (Å²) in [6.45, 7) is 7.81. The van der Waals surface area contributed by atoms with Gasteiger partial charge in [0.05, 0.1) is 6.20 Å². The normalized spacial score (nSPS) is 19.9. The molecule has 6 nitrogen and oxygen atoms in total. The second-order valence-electron chi connectivity index (χ2n) is 5.54. The highest BCUT2D eigenvalue weighted by molar-refractivity contribution is 5.83. The lowest BCUT2D eigenvalue weighted by atomic mass is 10.1. The fourth-order valence-electron chi connectivity index (χ4n) is 2.58. The number of aryl methyl sites for hydroxylation is 1. The van der Waals surface area contributed by atoms with Crippen LogP contribution in [-0.4, -0.2) is 57.7 Å². The molecule has 0 aromatic carbocycles. The Labute approximate surface area is 120 Å². The molecule has 0 spiro atoms. The van der Waals surface area contributed by atoms with E-state index in [-0.39, 0.29) is 5.91 Å². The molecule has 0 radical (unpaired) electrons. The maximum absolute atomic E-state index is 12.4. The zero-order valence-corrected chi connectivity index (χ0v) is 12.6. The Balaban J connectivity index is 1.91. The maximum atomic E-state index is 12.4. The van der Waals surface area contributed by atoms with Crippen molar-refractivity contribution in [1.29, 1.82) is 0 Å². The molecular weight excluding hydrogens is 254 g/mol. The number of rotatable bonds is 4. The molecule has 1 aromatic rings. The number of nitrogens with two attached hydrogens (primary N) is 1. The minimum atomic E-state index is -0.598. The van der Waals surface area contributed by atoms with Crippen LogP contribution >= 0.6 is 0 Å². The van der Waals surface area contributed by atoms with Gasteiger partial charge in [-0.05, 0) is 13.3 Å². The fraction of sp³-hybridized carbons (Fsp3) is 0.714. The molecule has 1 amide bonds. The van der Waals surface area contributed by atoms with E-state index >= 15 is 0 Å². The van der Waals surface area contributed by atoms with Crippen LogP contribution in [0, 0.1) is 0 Å². The summed E-state index contributed by atoms with van der Waals surface area (Å²) >= 11 is 0. The lowest BCUT2D eigenvalue weighted by Gasteiger charge is -2.38. The van der Waals surface area contributed by atoms with Crippen LogP contribution in [0.25, 0.3) is 0 Å². The standard InChI is InChI=1S/C14H25N5O/c1-4-11(2)18-5-7-19(8-6-18)14(20)13(15)12-9-16-17(3)10-12/h9-11,13H,4-8,15H2,1-3H3. The molecule has 2 N–H and O–H groups in total. The predicted octanol–water partition coefficient (Wildman–Crippen LogP) is 0.363. The first-order chi connectivity index (χ1) is 9.52. The number of piperazine rings is 1. The van der Waals surface area contributed by atoms with E-state index in [4.69, 9.17) is 5.73 Å². The van der Waals surface area contributed by atoms with Gasteiger partial charge in [-0.15, -0.1) is 0 Å². The first-order valence-corrected chi connectivity index (χ1v) is 7.30. The van der Waals surface area contributed by atoms with Crippen molar-refractivity contribution in [1.82, 2.24) is 19.6 Å². The van der Waals surface area contributed by atoms with Crippen LogP contribution in [0.3, 0.4) is 0 Å². The third kappa shape index (κ3) is 3.19. The quantitative estimate of drug-likeness (QED) is 0.864. The van der Waals surface area contributed by atoms with Crippen LogP contribution in [0.15, 0.2) is 12.4 Å². The van der Waals surface area contributed by atoms with Crippen LogP contribution in [-0.2, 0) is 11.8 Å². The SMILES string of the molecule is CCC(C)N1CCN(C(=O)C(N)c2cnn(C)c2)CC1. The van der Waals surface area contributed by atoms with Gasteiger partial charge in [-0.25, -0.2) is 0 Å². The van der Waals surface area contributed by atoms with E-state index in [1.54, 1.807) is 17.1 Å². The third-order valence-corrected chi connectivity index (χ3v) is 4.19. The van der Waals surface area contributed by atoms with E-state index in [2.05, 4.69) is 23.8 Å². The number of carbonyl (C=O) groups is 1. The number of carbonyl (C=O) groups excluding carboxylic acids is 1. The minimum Gasteiger partial charge on any atom is -0.338 e. The fourth-order valence-corrected chi connectivity index (χ4v) is 2.58. The summed E-state index contributed by atoms with van der Waals surface area (Å²) in [6.07, 6.45) is 4.61. The molecule has 1 saturated heterocycles. The molecule has 2 atom stereocenters. The second kappa shape index (κ2) is 6.37. The van der Waals surface area contributed by atoms with Crippen LogP contribution < -0.4 is 5.73 Å². The van der Waals surface area contributed by atoms with Gasteiger partial charge in [-0.2, -0.15) is 5.10 Å². The zero-order valence-electron chi connectivity index (χ0n) is 12.6. The number of nitrogens with zero attached hydrogens (tertiary/aromatic N) is 4. The Morgan fingerprint density at radius 1 is 1.40 bits per heavy atom. The highest BCUT2D eigenvalue weighted by Gasteiger charge is 2.27. The number of aromatic nitrogens is 2. The summed E-state index contributed by atoms with van der Waals surface area (Å²) in [5.41, 5.74) is 6.82. The average Bonchev–Trinajstić information content (AvgIpc) is 2.91.